The van der Waals surface area contributed by atoms with Crippen molar-refractivity contribution < 1.29 is 4.92 Å². The highest BCUT2D eigenvalue weighted by molar-refractivity contribution is 4.85. The maximum atomic E-state index is 10.2. The fourth-order valence-electron chi connectivity index (χ4n) is 0.656. The first kappa shape index (κ1) is 9.14. The van der Waals surface area contributed by atoms with Gasteiger partial charge in [-0.05, 0) is 6.92 Å². The molecule has 0 aromatic rings. The Morgan fingerprint density at radius 1 is 1.50 bits per heavy atom. The lowest BCUT2D eigenvalue weighted by Crippen LogP contribution is -2.21. The van der Waals surface area contributed by atoms with Crippen molar-refractivity contribution in [1.82, 2.24) is 0 Å². The fraction of sp³-hybridized carbons (Fsp3) is 0.714. The molecule has 0 N–H and O–H groups in total. The van der Waals surface area contributed by atoms with E-state index in [1.807, 2.05) is 26.0 Å². The highest BCUT2D eigenvalue weighted by Crippen LogP contribution is 2.06. The van der Waals surface area contributed by atoms with Crippen LogP contribution in [0.5, 0.6) is 0 Å². The second kappa shape index (κ2) is 4.04. The largest absolute Gasteiger partial charge is 0.264 e. The number of nitro groups is 1. The van der Waals surface area contributed by atoms with Crippen LogP contribution < -0.4 is 0 Å². The van der Waals surface area contributed by atoms with E-state index in [0.717, 1.165) is 0 Å². The number of hydrogen-bond donors (Lipinski definition) is 0. The Kier molecular flexibility index (Phi) is 3.69. The molecule has 3 heteroatoms. The van der Waals surface area contributed by atoms with E-state index in [2.05, 4.69) is 0 Å². The lowest BCUT2D eigenvalue weighted by atomic mass is 10.0. The maximum absolute atomic E-state index is 10.2. The normalized spacial score (nSPS) is 17.1. The second-order valence-corrected chi connectivity index (χ2v) is 2.41. The van der Waals surface area contributed by atoms with Gasteiger partial charge in [-0.3, -0.25) is 10.1 Å². The van der Waals surface area contributed by atoms with E-state index in [4.69, 9.17) is 0 Å². The molecule has 0 aromatic carbocycles. The smallest absolute Gasteiger partial charge is 0.216 e. The zero-order valence-electron chi connectivity index (χ0n) is 6.57. The predicted molar refractivity (Wildman–Crippen MR) is 40.4 cm³/mol. The van der Waals surface area contributed by atoms with Gasteiger partial charge in [-0.2, -0.15) is 0 Å². The van der Waals surface area contributed by atoms with E-state index in [1.54, 1.807) is 6.92 Å². The number of nitrogens with zero attached hydrogens (tertiary/aromatic N) is 1. The molecule has 0 aliphatic carbocycles. The topological polar surface area (TPSA) is 43.1 Å². The zero-order valence-corrected chi connectivity index (χ0v) is 6.57. The molecule has 0 saturated carbocycles. The Morgan fingerprint density at radius 2 is 2.00 bits per heavy atom. The molecule has 0 fully saturated rings. The van der Waals surface area contributed by atoms with Gasteiger partial charge in [0.1, 0.15) is 0 Å². The summed E-state index contributed by atoms with van der Waals surface area (Å²) in [6, 6.07) is -0.476. The van der Waals surface area contributed by atoms with Crippen molar-refractivity contribution in [2.45, 2.75) is 26.8 Å². The molecule has 0 aliphatic rings. The summed E-state index contributed by atoms with van der Waals surface area (Å²) >= 11 is 0. The minimum atomic E-state index is -0.476. The van der Waals surface area contributed by atoms with Gasteiger partial charge in [0.2, 0.25) is 6.04 Å². The molecular formula is C7H13NO2. The fourth-order valence-corrected chi connectivity index (χ4v) is 0.656. The minimum absolute atomic E-state index is 0.0278. The van der Waals surface area contributed by atoms with Crippen molar-refractivity contribution in [3.05, 3.63) is 22.3 Å². The lowest BCUT2D eigenvalue weighted by Gasteiger charge is -2.06. The summed E-state index contributed by atoms with van der Waals surface area (Å²) in [6.07, 6.45) is 3.68. The SMILES string of the molecule is C/C=C/[C@H](C)[C@@H](C)[N+](=O)[O-]. The molecule has 58 valence electrons. The summed E-state index contributed by atoms with van der Waals surface area (Å²) in [5, 5.41) is 10.2. The Hall–Kier alpha value is -0.860. The Morgan fingerprint density at radius 3 is 2.30 bits per heavy atom. The average molecular weight is 143 g/mol. The summed E-state index contributed by atoms with van der Waals surface area (Å²) in [7, 11) is 0. The van der Waals surface area contributed by atoms with Gasteiger partial charge in [0.25, 0.3) is 0 Å². The summed E-state index contributed by atoms with van der Waals surface area (Å²) in [5.41, 5.74) is 0. The van der Waals surface area contributed by atoms with Gasteiger partial charge in [0.15, 0.2) is 0 Å². The Balaban J connectivity index is 3.93. The number of allylic oxidation sites excluding steroid dienone is 1. The molecule has 0 aromatic heterocycles. The average Bonchev–Trinajstić information content (AvgIpc) is 1.87. The first-order valence-electron chi connectivity index (χ1n) is 3.36. The van der Waals surface area contributed by atoms with Crippen molar-refractivity contribution >= 4 is 0 Å². The van der Waals surface area contributed by atoms with Crippen LogP contribution in [-0.4, -0.2) is 11.0 Å². The number of rotatable bonds is 3. The molecule has 3 nitrogen and oxygen atoms in total. The van der Waals surface area contributed by atoms with Crippen LogP contribution in [0.2, 0.25) is 0 Å². The van der Waals surface area contributed by atoms with Crippen molar-refractivity contribution in [2.75, 3.05) is 0 Å². The highest BCUT2D eigenvalue weighted by atomic mass is 16.6. The molecular weight excluding hydrogens is 130 g/mol. The van der Waals surface area contributed by atoms with E-state index in [0.29, 0.717) is 0 Å². The number of hydrogen-bond acceptors (Lipinski definition) is 2. The van der Waals surface area contributed by atoms with Crippen molar-refractivity contribution in [1.29, 1.82) is 0 Å². The molecule has 0 unspecified atom stereocenters. The van der Waals surface area contributed by atoms with Gasteiger partial charge >= 0.3 is 0 Å². The van der Waals surface area contributed by atoms with Gasteiger partial charge in [-0.25, -0.2) is 0 Å². The monoisotopic (exact) mass is 143 g/mol. The quantitative estimate of drug-likeness (QED) is 0.344. The standard InChI is InChI=1S/C7H13NO2/c1-4-5-6(2)7(3)8(9)10/h4-7H,1-3H3/b5-4+/t6-,7+/m0/s1. The third-order valence-electron chi connectivity index (χ3n) is 1.59. The molecule has 0 aliphatic heterocycles. The summed E-state index contributed by atoms with van der Waals surface area (Å²) < 4.78 is 0. The molecule has 0 saturated heterocycles. The van der Waals surface area contributed by atoms with Crippen LogP contribution in [0, 0.1) is 16.0 Å². The van der Waals surface area contributed by atoms with Gasteiger partial charge < -0.3 is 0 Å². The van der Waals surface area contributed by atoms with Crippen LogP contribution in [-0.2, 0) is 0 Å². The molecule has 0 heterocycles. The van der Waals surface area contributed by atoms with Crippen molar-refractivity contribution in [3.63, 3.8) is 0 Å². The zero-order chi connectivity index (χ0) is 8.15. The molecule has 0 rings (SSSR count). The Labute approximate surface area is 60.9 Å². The van der Waals surface area contributed by atoms with Gasteiger partial charge in [0, 0.05) is 17.8 Å². The van der Waals surface area contributed by atoms with E-state index in [-0.39, 0.29) is 10.8 Å². The molecule has 0 spiro atoms. The molecule has 2 atom stereocenters. The van der Waals surface area contributed by atoms with Crippen LogP contribution in [0.1, 0.15) is 20.8 Å². The highest BCUT2D eigenvalue weighted by Gasteiger charge is 2.18. The van der Waals surface area contributed by atoms with Gasteiger partial charge in [0.05, 0.1) is 0 Å². The lowest BCUT2D eigenvalue weighted by molar-refractivity contribution is -0.524. The van der Waals surface area contributed by atoms with E-state index >= 15 is 0 Å². The summed E-state index contributed by atoms with van der Waals surface area (Å²) in [6.45, 7) is 5.32. The van der Waals surface area contributed by atoms with Crippen LogP contribution >= 0.6 is 0 Å². The minimum Gasteiger partial charge on any atom is -0.264 e. The third kappa shape index (κ3) is 2.62. The summed E-state index contributed by atoms with van der Waals surface area (Å²) in [5.74, 6) is 0.0278. The Bertz CT molecular complexity index is 143. The van der Waals surface area contributed by atoms with Crippen molar-refractivity contribution in [2.24, 2.45) is 5.92 Å². The van der Waals surface area contributed by atoms with E-state index in [9.17, 15) is 10.1 Å². The maximum Gasteiger partial charge on any atom is 0.216 e. The third-order valence-corrected chi connectivity index (χ3v) is 1.59. The van der Waals surface area contributed by atoms with Crippen LogP contribution in [0.4, 0.5) is 0 Å². The van der Waals surface area contributed by atoms with E-state index < -0.39 is 6.04 Å². The first-order valence-corrected chi connectivity index (χ1v) is 3.36. The molecule has 10 heavy (non-hydrogen) atoms. The summed E-state index contributed by atoms with van der Waals surface area (Å²) in [4.78, 5) is 9.93. The van der Waals surface area contributed by atoms with Gasteiger partial charge in [-0.1, -0.05) is 19.1 Å². The predicted octanol–water partition coefficient (Wildman–Crippen LogP) is 1.86. The molecule has 0 radical (unpaired) electrons. The molecule has 0 bridgehead atoms. The first-order chi connectivity index (χ1) is 4.59. The van der Waals surface area contributed by atoms with Crippen LogP contribution in [0.3, 0.4) is 0 Å². The van der Waals surface area contributed by atoms with Crippen LogP contribution in [0.15, 0.2) is 12.2 Å². The second-order valence-electron chi connectivity index (χ2n) is 2.41. The van der Waals surface area contributed by atoms with Crippen molar-refractivity contribution in [3.8, 4) is 0 Å². The van der Waals surface area contributed by atoms with Crippen LogP contribution in [0.25, 0.3) is 0 Å². The van der Waals surface area contributed by atoms with Gasteiger partial charge in [-0.15, -0.1) is 0 Å². The molecule has 0 amide bonds. The van der Waals surface area contributed by atoms with E-state index in [1.165, 1.54) is 0 Å².